The summed E-state index contributed by atoms with van der Waals surface area (Å²) in [5.41, 5.74) is 0.749. The summed E-state index contributed by atoms with van der Waals surface area (Å²) in [6.45, 7) is 3.77. The molecule has 2 aromatic rings. The van der Waals surface area contributed by atoms with Gasteiger partial charge in [-0.1, -0.05) is 23.7 Å². The lowest BCUT2D eigenvalue weighted by Crippen LogP contribution is -2.20. The number of rotatable bonds is 5. The molecule has 0 saturated carbocycles. The van der Waals surface area contributed by atoms with Crippen LogP contribution >= 0.6 is 11.6 Å². The Hall–Kier alpha value is -1.63. The summed E-state index contributed by atoms with van der Waals surface area (Å²) in [6.07, 6.45) is 1.42. The molecule has 5 nitrogen and oxygen atoms in total. The van der Waals surface area contributed by atoms with E-state index < -0.39 is 11.3 Å². The van der Waals surface area contributed by atoms with Gasteiger partial charge in [0.15, 0.2) is 0 Å². The van der Waals surface area contributed by atoms with E-state index in [2.05, 4.69) is 4.98 Å². The van der Waals surface area contributed by atoms with Crippen LogP contribution in [0.4, 0.5) is 11.4 Å². The van der Waals surface area contributed by atoms with Gasteiger partial charge in [0.25, 0.3) is 0 Å². The van der Waals surface area contributed by atoms with Gasteiger partial charge >= 0.3 is 0 Å². The third kappa shape index (κ3) is 3.93. The Kier molecular flexibility index (Phi) is 5.17. The van der Waals surface area contributed by atoms with Crippen LogP contribution in [0.2, 0.25) is 5.02 Å². The second-order valence-electron chi connectivity index (χ2n) is 4.48. The van der Waals surface area contributed by atoms with Crippen molar-refractivity contribution in [3.05, 3.63) is 47.6 Å². The van der Waals surface area contributed by atoms with Gasteiger partial charge in [-0.05, 0) is 32.0 Å². The number of aromatic nitrogens is 1. The summed E-state index contributed by atoms with van der Waals surface area (Å²) >= 11 is 3.54. The molecule has 0 aliphatic carbocycles. The van der Waals surface area contributed by atoms with Crippen LogP contribution in [0.5, 0.6) is 5.88 Å². The first-order valence-corrected chi connectivity index (χ1v) is 7.66. The highest BCUT2D eigenvalue weighted by Crippen LogP contribution is 2.32. The maximum absolute atomic E-state index is 11.5. The lowest BCUT2D eigenvalue weighted by Gasteiger charge is -2.27. The van der Waals surface area contributed by atoms with Crippen molar-refractivity contribution >= 4 is 34.2 Å². The molecule has 112 valence electrons. The molecule has 1 unspecified atom stereocenters. The molecule has 0 aliphatic heterocycles. The maximum Gasteiger partial charge on any atom is 0.213 e. The third-order valence-electron chi connectivity index (χ3n) is 2.53. The van der Waals surface area contributed by atoms with Gasteiger partial charge in [-0.3, -0.25) is 8.51 Å². The number of hydrogen-bond donors (Lipinski definition) is 0. The molecule has 7 heteroatoms. The summed E-state index contributed by atoms with van der Waals surface area (Å²) in [6, 6.07) is 9.92. The van der Waals surface area contributed by atoms with Gasteiger partial charge in [0.2, 0.25) is 5.88 Å². The highest BCUT2D eigenvalue weighted by Gasteiger charge is 2.14. The van der Waals surface area contributed by atoms with Crippen LogP contribution in [0.1, 0.15) is 13.8 Å². The van der Waals surface area contributed by atoms with Crippen molar-refractivity contribution in [3.63, 3.8) is 0 Å². The smallest absolute Gasteiger partial charge is 0.213 e. The summed E-state index contributed by atoms with van der Waals surface area (Å²) in [5.74, 6) is 0.435. The fourth-order valence-corrected chi connectivity index (χ4v) is 2.60. The Morgan fingerprint density at radius 3 is 2.52 bits per heavy atom. The van der Waals surface area contributed by atoms with E-state index in [1.54, 1.807) is 36.4 Å². The number of ether oxygens (including phenoxy) is 1. The molecule has 0 aliphatic rings. The normalized spacial score (nSPS) is 12.2. The fourth-order valence-electron chi connectivity index (χ4n) is 1.73. The van der Waals surface area contributed by atoms with Gasteiger partial charge in [-0.25, -0.2) is 4.98 Å². The molecule has 1 heterocycles. The van der Waals surface area contributed by atoms with Crippen LogP contribution in [0.15, 0.2) is 42.6 Å². The molecule has 0 spiro atoms. The lowest BCUT2D eigenvalue weighted by molar-refractivity contribution is 0.232. The molecule has 21 heavy (non-hydrogen) atoms. The molecule has 0 fully saturated rings. The highest BCUT2D eigenvalue weighted by molar-refractivity contribution is 7.81. The zero-order valence-corrected chi connectivity index (χ0v) is 13.1. The van der Waals surface area contributed by atoms with Crippen LogP contribution in [-0.2, 0) is 11.3 Å². The molecule has 1 aromatic carbocycles. The van der Waals surface area contributed by atoms with Crippen LogP contribution < -0.4 is 9.04 Å². The second kappa shape index (κ2) is 6.89. The standard InChI is InChI=1S/C14H15ClN2O3S/c1-10(2)20-14-8-7-11(9-16-14)17(21(18)19)13-6-4-3-5-12(13)15/h3-10H,1-2H3,(H,18,19)/p-1. The van der Waals surface area contributed by atoms with Crippen molar-refractivity contribution < 1.29 is 13.5 Å². The summed E-state index contributed by atoms with van der Waals surface area (Å²) in [7, 11) is 0. The SMILES string of the molecule is CC(C)Oc1ccc(N(c2ccccc2Cl)S(=O)[O-])cn1. The van der Waals surface area contributed by atoms with Crippen molar-refractivity contribution in [2.24, 2.45) is 0 Å². The quantitative estimate of drug-likeness (QED) is 0.790. The van der Waals surface area contributed by atoms with E-state index in [0.717, 1.165) is 4.31 Å². The third-order valence-corrected chi connectivity index (χ3v) is 3.56. The topological polar surface area (TPSA) is 65.5 Å². The molecule has 0 radical (unpaired) electrons. The zero-order valence-electron chi connectivity index (χ0n) is 11.5. The minimum absolute atomic E-state index is 0.00309. The van der Waals surface area contributed by atoms with E-state index in [0.29, 0.717) is 22.3 Å². The minimum Gasteiger partial charge on any atom is -0.755 e. The average molecular weight is 326 g/mol. The molecule has 0 saturated heterocycles. The Morgan fingerprint density at radius 2 is 2.00 bits per heavy atom. The van der Waals surface area contributed by atoms with Crippen LogP contribution in [-0.4, -0.2) is 19.8 Å². The largest absolute Gasteiger partial charge is 0.755 e. The molecule has 0 N–H and O–H groups in total. The highest BCUT2D eigenvalue weighted by atomic mass is 35.5. The number of hydrogen-bond acceptors (Lipinski definition) is 4. The van der Waals surface area contributed by atoms with Crippen LogP contribution in [0.25, 0.3) is 0 Å². The predicted molar refractivity (Wildman–Crippen MR) is 82.5 cm³/mol. The lowest BCUT2D eigenvalue weighted by atomic mass is 10.3. The monoisotopic (exact) mass is 325 g/mol. The van der Waals surface area contributed by atoms with Crippen molar-refractivity contribution in [1.82, 2.24) is 4.98 Å². The van der Waals surface area contributed by atoms with Crippen molar-refractivity contribution in [3.8, 4) is 5.88 Å². The van der Waals surface area contributed by atoms with Gasteiger partial charge in [-0.2, -0.15) is 0 Å². The zero-order chi connectivity index (χ0) is 15.4. The molecule has 2 rings (SSSR count). The van der Waals surface area contributed by atoms with Crippen LogP contribution in [0.3, 0.4) is 0 Å². The van der Waals surface area contributed by atoms with Crippen molar-refractivity contribution in [2.75, 3.05) is 4.31 Å². The van der Waals surface area contributed by atoms with Crippen LogP contribution in [0, 0.1) is 0 Å². The molecular formula is C14H14ClN2O3S-. The Labute approximate surface area is 130 Å². The maximum atomic E-state index is 11.5. The van der Waals surface area contributed by atoms with Gasteiger partial charge < -0.3 is 9.29 Å². The van der Waals surface area contributed by atoms with E-state index in [-0.39, 0.29) is 6.10 Å². The minimum atomic E-state index is -2.51. The van der Waals surface area contributed by atoms with E-state index in [1.165, 1.54) is 6.20 Å². The van der Waals surface area contributed by atoms with E-state index >= 15 is 0 Å². The first kappa shape index (κ1) is 15.8. The summed E-state index contributed by atoms with van der Waals surface area (Å²) < 4.78 is 29.6. The Morgan fingerprint density at radius 1 is 1.29 bits per heavy atom. The number of pyridine rings is 1. The molecule has 1 aromatic heterocycles. The first-order chi connectivity index (χ1) is 9.99. The number of para-hydroxylation sites is 1. The predicted octanol–water partition coefficient (Wildman–Crippen LogP) is 3.45. The molecule has 0 bridgehead atoms. The van der Waals surface area contributed by atoms with Gasteiger partial charge in [0.05, 0.1) is 40.0 Å². The fraction of sp³-hybridized carbons (Fsp3) is 0.214. The molecule has 1 atom stereocenters. The molecular weight excluding hydrogens is 312 g/mol. The number of anilines is 2. The first-order valence-electron chi connectivity index (χ1n) is 6.26. The second-order valence-corrected chi connectivity index (χ2v) is 5.69. The van der Waals surface area contributed by atoms with Gasteiger partial charge in [0, 0.05) is 6.07 Å². The van der Waals surface area contributed by atoms with Gasteiger partial charge in [0.1, 0.15) is 0 Å². The van der Waals surface area contributed by atoms with E-state index in [4.69, 9.17) is 16.3 Å². The summed E-state index contributed by atoms with van der Waals surface area (Å²) in [4.78, 5) is 4.10. The Balaban J connectivity index is 2.36. The molecule has 0 amide bonds. The van der Waals surface area contributed by atoms with E-state index in [1.807, 2.05) is 13.8 Å². The number of halogens is 1. The Bertz CT molecular complexity index is 634. The van der Waals surface area contributed by atoms with Crippen molar-refractivity contribution in [1.29, 1.82) is 0 Å². The van der Waals surface area contributed by atoms with Crippen molar-refractivity contribution in [2.45, 2.75) is 20.0 Å². The van der Waals surface area contributed by atoms with E-state index in [9.17, 15) is 8.76 Å². The number of nitrogens with zero attached hydrogens (tertiary/aromatic N) is 2. The van der Waals surface area contributed by atoms with Gasteiger partial charge in [-0.15, -0.1) is 0 Å². The summed E-state index contributed by atoms with van der Waals surface area (Å²) in [5, 5.41) is 0.337. The average Bonchev–Trinajstić information content (AvgIpc) is 2.42. The number of benzene rings is 1.